The molecule has 0 fully saturated rings. The monoisotopic (exact) mass is 488 g/mol. The number of anilines is 1. The molecule has 0 aliphatic carbocycles. The van der Waals surface area contributed by atoms with Crippen LogP contribution < -0.4 is 14.8 Å². The van der Waals surface area contributed by atoms with Gasteiger partial charge in [-0.25, -0.2) is 4.79 Å². The van der Waals surface area contributed by atoms with Crippen LogP contribution in [0.4, 0.5) is 11.4 Å². The summed E-state index contributed by atoms with van der Waals surface area (Å²) >= 11 is 3.45. The molecule has 0 unspecified atom stereocenters. The molecule has 3 aromatic rings. The van der Waals surface area contributed by atoms with E-state index in [4.69, 9.17) is 14.2 Å². The van der Waals surface area contributed by atoms with E-state index in [1.54, 1.807) is 6.07 Å². The third-order valence-electron chi connectivity index (χ3n) is 4.21. The van der Waals surface area contributed by atoms with Gasteiger partial charge in [-0.05, 0) is 44.9 Å². The lowest BCUT2D eigenvalue weighted by Gasteiger charge is -2.11. The largest absolute Gasteiger partial charge is 0.496 e. The Morgan fingerprint density at radius 2 is 1.87 bits per heavy atom. The predicted octanol–water partition coefficient (Wildman–Crippen LogP) is 4.08. The number of rotatable bonds is 8. The van der Waals surface area contributed by atoms with Crippen LogP contribution in [0.25, 0.3) is 10.8 Å². The number of nitrogens with zero attached hydrogens (tertiary/aromatic N) is 1. The van der Waals surface area contributed by atoms with Crippen molar-refractivity contribution in [3.8, 4) is 11.5 Å². The SMILES string of the molecule is COc1ccc(NC(=O)COC(=O)COc2ccc3ccccc3c2Br)c([N+](=O)[O-])c1. The van der Waals surface area contributed by atoms with Gasteiger partial charge in [0.25, 0.3) is 11.6 Å². The van der Waals surface area contributed by atoms with Crippen LogP contribution in [0, 0.1) is 10.1 Å². The minimum Gasteiger partial charge on any atom is -0.496 e. The van der Waals surface area contributed by atoms with Gasteiger partial charge in [-0.1, -0.05) is 30.3 Å². The topological polar surface area (TPSA) is 117 Å². The molecule has 0 aliphatic rings. The van der Waals surface area contributed by atoms with Gasteiger partial charge < -0.3 is 19.5 Å². The third-order valence-corrected chi connectivity index (χ3v) is 5.03. The molecule has 1 amide bonds. The lowest BCUT2D eigenvalue weighted by molar-refractivity contribution is -0.384. The molecule has 0 spiro atoms. The van der Waals surface area contributed by atoms with E-state index in [9.17, 15) is 19.7 Å². The quantitative estimate of drug-likeness (QED) is 0.288. The van der Waals surface area contributed by atoms with Gasteiger partial charge >= 0.3 is 5.97 Å². The number of halogens is 1. The Labute approximate surface area is 185 Å². The lowest BCUT2D eigenvalue weighted by atomic mass is 10.1. The Morgan fingerprint density at radius 3 is 2.61 bits per heavy atom. The van der Waals surface area contributed by atoms with Crippen LogP contribution in [0.15, 0.2) is 59.1 Å². The van der Waals surface area contributed by atoms with E-state index in [2.05, 4.69) is 21.2 Å². The van der Waals surface area contributed by atoms with Crippen LogP contribution in [0.5, 0.6) is 11.5 Å². The molecule has 0 saturated heterocycles. The van der Waals surface area contributed by atoms with Crippen LogP contribution in [-0.2, 0) is 14.3 Å². The second-order valence-corrected chi connectivity index (χ2v) is 7.03. The number of methoxy groups -OCH3 is 1. The van der Waals surface area contributed by atoms with Gasteiger partial charge in [0, 0.05) is 0 Å². The van der Waals surface area contributed by atoms with Crippen molar-refractivity contribution < 1.29 is 28.7 Å². The van der Waals surface area contributed by atoms with E-state index in [0.717, 1.165) is 10.8 Å². The molecule has 160 valence electrons. The maximum Gasteiger partial charge on any atom is 0.344 e. The number of esters is 1. The summed E-state index contributed by atoms with van der Waals surface area (Å²) in [7, 11) is 1.37. The number of carbonyl (C=O) groups is 2. The van der Waals surface area contributed by atoms with Gasteiger partial charge in [0.1, 0.15) is 17.2 Å². The number of fused-ring (bicyclic) bond motifs is 1. The maximum absolute atomic E-state index is 12.0. The first-order valence-corrected chi connectivity index (χ1v) is 9.76. The van der Waals surface area contributed by atoms with Crippen molar-refractivity contribution in [2.75, 3.05) is 25.6 Å². The second-order valence-electron chi connectivity index (χ2n) is 6.24. The normalized spacial score (nSPS) is 10.4. The highest BCUT2D eigenvalue weighted by Crippen LogP contribution is 2.33. The van der Waals surface area contributed by atoms with Gasteiger partial charge in [0.2, 0.25) is 0 Å². The molecule has 0 saturated carbocycles. The van der Waals surface area contributed by atoms with Crippen LogP contribution >= 0.6 is 15.9 Å². The molecule has 0 atom stereocenters. The van der Waals surface area contributed by atoms with Crippen molar-refractivity contribution in [1.29, 1.82) is 0 Å². The Morgan fingerprint density at radius 1 is 1.10 bits per heavy atom. The van der Waals surface area contributed by atoms with Gasteiger partial charge in [-0.3, -0.25) is 14.9 Å². The highest BCUT2D eigenvalue weighted by Gasteiger charge is 2.18. The van der Waals surface area contributed by atoms with Gasteiger partial charge in [-0.15, -0.1) is 0 Å². The van der Waals surface area contributed by atoms with E-state index < -0.39 is 30.0 Å². The molecule has 3 rings (SSSR count). The Balaban J connectivity index is 1.54. The Hall–Kier alpha value is -3.66. The highest BCUT2D eigenvalue weighted by atomic mass is 79.9. The maximum atomic E-state index is 12.0. The number of benzene rings is 3. The fraction of sp³-hybridized carbons (Fsp3) is 0.143. The van der Waals surface area contributed by atoms with Gasteiger partial charge in [0.15, 0.2) is 13.2 Å². The van der Waals surface area contributed by atoms with Crippen molar-refractivity contribution in [2.24, 2.45) is 0 Å². The van der Waals surface area contributed by atoms with Gasteiger partial charge in [-0.2, -0.15) is 0 Å². The number of nitro groups is 1. The van der Waals surface area contributed by atoms with Crippen molar-refractivity contribution in [1.82, 2.24) is 0 Å². The molecule has 10 heteroatoms. The Bertz CT molecular complexity index is 1150. The fourth-order valence-electron chi connectivity index (χ4n) is 2.73. The number of carbonyl (C=O) groups excluding carboxylic acids is 2. The molecule has 3 aromatic carbocycles. The van der Waals surface area contributed by atoms with Crippen molar-refractivity contribution in [2.45, 2.75) is 0 Å². The summed E-state index contributed by atoms with van der Waals surface area (Å²) < 4.78 is 16.0. The van der Waals surface area contributed by atoms with Crippen LogP contribution in [0.1, 0.15) is 0 Å². The van der Waals surface area contributed by atoms with E-state index in [-0.39, 0.29) is 17.1 Å². The minimum atomic E-state index is -0.764. The number of nitrogens with one attached hydrogen (secondary N) is 1. The zero-order valence-electron chi connectivity index (χ0n) is 16.3. The molecular weight excluding hydrogens is 472 g/mol. The summed E-state index contributed by atoms with van der Waals surface area (Å²) in [6.45, 7) is -1.03. The van der Waals surface area contributed by atoms with Gasteiger partial charge in [0.05, 0.1) is 22.6 Å². The summed E-state index contributed by atoms with van der Waals surface area (Å²) in [6, 6.07) is 15.2. The fourth-order valence-corrected chi connectivity index (χ4v) is 3.34. The molecule has 1 N–H and O–H groups in total. The average Bonchev–Trinajstić information content (AvgIpc) is 2.77. The molecule has 31 heavy (non-hydrogen) atoms. The number of amides is 1. The number of hydrogen-bond acceptors (Lipinski definition) is 7. The number of ether oxygens (including phenoxy) is 3. The first-order chi connectivity index (χ1) is 14.9. The standard InChI is InChI=1S/C21H17BrN2O7/c1-29-14-7-8-16(17(10-14)24(27)28)23-19(25)11-31-20(26)12-30-18-9-6-13-4-2-3-5-15(13)21(18)22/h2-10H,11-12H2,1H3,(H,23,25). The van der Waals surface area contributed by atoms with Crippen molar-refractivity contribution in [3.63, 3.8) is 0 Å². The van der Waals surface area contributed by atoms with E-state index >= 15 is 0 Å². The second kappa shape index (κ2) is 9.90. The third kappa shape index (κ3) is 5.48. The summed E-state index contributed by atoms with van der Waals surface area (Å²) in [5, 5.41) is 15.4. The van der Waals surface area contributed by atoms with Crippen LogP contribution in [-0.4, -0.2) is 37.1 Å². The molecule has 0 heterocycles. The van der Waals surface area contributed by atoms with Crippen molar-refractivity contribution in [3.05, 3.63) is 69.2 Å². The molecule has 0 radical (unpaired) electrons. The minimum absolute atomic E-state index is 0.0387. The van der Waals surface area contributed by atoms with Crippen LogP contribution in [0.2, 0.25) is 0 Å². The molecule has 9 nitrogen and oxygen atoms in total. The lowest BCUT2D eigenvalue weighted by Crippen LogP contribution is -2.24. The Kier molecular flexibility index (Phi) is 7.03. The van der Waals surface area contributed by atoms with Crippen LogP contribution in [0.3, 0.4) is 0 Å². The number of nitro benzene ring substituents is 1. The van der Waals surface area contributed by atoms with E-state index in [0.29, 0.717) is 10.2 Å². The summed E-state index contributed by atoms with van der Waals surface area (Å²) in [5.41, 5.74) is -0.383. The first kappa shape index (κ1) is 22.0. The zero-order valence-corrected chi connectivity index (χ0v) is 17.9. The zero-order chi connectivity index (χ0) is 22.4. The molecular formula is C21H17BrN2O7. The van der Waals surface area contributed by atoms with Crippen molar-refractivity contribution >= 4 is 50.0 Å². The number of hydrogen-bond donors (Lipinski definition) is 1. The molecule has 0 aromatic heterocycles. The molecule has 0 aliphatic heterocycles. The average molecular weight is 489 g/mol. The highest BCUT2D eigenvalue weighted by molar-refractivity contribution is 9.10. The summed E-state index contributed by atoms with van der Waals surface area (Å²) in [5.74, 6) is -0.768. The summed E-state index contributed by atoms with van der Waals surface area (Å²) in [4.78, 5) is 34.5. The smallest absolute Gasteiger partial charge is 0.344 e. The summed E-state index contributed by atoms with van der Waals surface area (Å²) in [6.07, 6.45) is 0. The van der Waals surface area contributed by atoms with E-state index in [1.807, 2.05) is 30.3 Å². The molecule has 0 bridgehead atoms. The van der Waals surface area contributed by atoms with E-state index in [1.165, 1.54) is 25.3 Å². The first-order valence-electron chi connectivity index (χ1n) is 8.97. The predicted molar refractivity (Wildman–Crippen MR) is 116 cm³/mol.